The minimum absolute atomic E-state index is 0.317. The van der Waals surface area contributed by atoms with Gasteiger partial charge in [-0.05, 0) is 32.9 Å². The number of aromatic nitrogens is 1. The largest absolute Gasteiger partial charge is 0.493 e. The zero-order valence-electron chi connectivity index (χ0n) is 13.5. The van der Waals surface area contributed by atoms with Crippen molar-refractivity contribution in [2.24, 2.45) is 7.05 Å². The number of carbonyl (C=O) groups excluding carboxylic acids is 1. The fraction of sp³-hybridized carbons (Fsp3) is 0.353. The Labute approximate surface area is 130 Å². The van der Waals surface area contributed by atoms with E-state index in [4.69, 9.17) is 15.2 Å². The molecule has 118 valence electrons. The molecule has 0 spiro atoms. The zero-order valence-corrected chi connectivity index (χ0v) is 13.5. The number of ether oxygens (including phenoxy) is 2. The smallest absolute Gasteiger partial charge is 0.342 e. The first-order valence-corrected chi connectivity index (χ1v) is 7.36. The Morgan fingerprint density at radius 2 is 1.91 bits per heavy atom. The number of hydrogen-bond donors (Lipinski definition) is 1. The number of nitrogens with two attached hydrogens (primary N) is 1. The maximum atomic E-state index is 12.1. The molecule has 0 fully saturated rings. The van der Waals surface area contributed by atoms with Gasteiger partial charge in [-0.3, -0.25) is 0 Å². The van der Waals surface area contributed by atoms with Gasteiger partial charge in [-0.1, -0.05) is 12.1 Å². The van der Waals surface area contributed by atoms with Crippen molar-refractivity contribution in [2.45, 2.75) is 20.8 Å². The lowest BCUT2D eigenvalue weighted by Crippen LogP contribution is -2.08. The summed E-state index contributed by atoms with van der Waals surface area (Å²) in [5, 5.41) is 0. The molecule has 1 aromatic carbocycles. The molecule has 22 heavy (non-hydrogen) atoms. The number of rotatable bonds is 5. The second kappa shape index (κ2) is 6.56. The standard InChI is InChI=1S/C17H22N2O3/c1-5-21-13-10-8-7-9-12(13)16-15(18)14(11(3)19(16)4)17(20)22-6-2/h7-10H,5-6,18H2,1-4H3. The average molecular weight is 302 g/mol. The third kappa shape index (κ3) is 2.66. The van der Waals surface area contributed by atoms with Gasteiger partial charge in [-0.2, -0.15) is 0 Å². The molecule has 1 heterocycles. The molecule has 2 rings (SSSR count). The van der Waals surface area contributed by atoms with Gasteiger partial charge in [0, 0.05) is 18.3 Å². The normalized spacial score (nSPS) is 10.5. The van der Waals surface area contributed by atoms with Crippen molar-refractivity contribution in [1.29, 1.82) is 0 Å². The molecule has 0 saturated carbocycles. The molecule has 0 saturated heterocycles. The van der Waals surface area contributed by atoms with E-state index in [9.17, 15) is 4.79 Å². The van der Waals surface area contributed by atoms with Gasteiger partial charge < -0.3 is 19.8 Å². The molecule has 2 aromatic rings. The van der Waals surface area contributed by atoms with Crippen molar-refractivity contribution in [3.05, 3.63) is 35.5 Å². The number of para-hydroxylation sites is 1. The maximum absolute atomic E-state index is 12.1. The fourth-order valence-electron chi connectivity index (χ4n) is 2.56. The van der Waals surface area contributed by atoms with Crippen molar-refractivity contribution in [1.82, 2.24) is 4.57 Å². The highest BCUT2D eigenvalue weighted by atomic mass is 16.5. The molecule has 0 radical (unpaired) electrons. The molecule has 0 unspecified atom stereocenters. The third-order valence-corrected chi connectivity index (χ3v) is 3.65. The van der Waals surface area contributed by atoms with Crippen LogP contribution in [-0.2, 0) is 11.8 Å². The SMILES string of the molecule is CCOC(=O)c1c(N)c(-c2ccccc2OCC)n(C)c1C. The van der Waals surface area contributed by atoms with Crippen LogP contribution in [0.15, 0.2) is 24.3 Å². The summed E-state index contributed by atoms with van der Waals surface area (Å²) in [6.07, 6.45) is 0. The van der Waals surface area contributed by atoms with E-state index in [2.05, 4.69) is 0 Å². The molecule has 0 aliphatic heterocycles. The van der Waals surface area contributed by atoms with Crippen molar-refractivity contribution >= 4 is 11.7 Å². The highest BCUT2D eigenvalue weighted by Gasteiger charge is 2.25. The van der Waals surface area contributed by atoms with Crippen LogP contribution in [0.4, 0.5) is 5.69 Å². The first-order valence-electron chi connectivity index (χ1n) is 7.36. The lowest BCUT2D eigenvalue weighted by molar-refractivity contribution is 0.0526. The van der Waals surface area contributed by atoms with Crippen LogP contribution in [0.1, 0.15) is 29.9 Å². The third-order valence-electron chi connectivity index (χ3n) is 3.65. The lowest BCUT2D eigenvalue weighted by atomic mass is 10.1. The van der Waals surface area contributed by atoms with Crippen molar-refractivity contribution in [3.8, 4) is 17.0 Å². The minimum Gasteiger partial charge on any atom is -0.493 e. The quantitative estimate of drug-likeness (QED) is 0.862. The molecule has 0 atom stereocenters. The average Bonchev–Trinajstić information content (AvgIpc) is 2.71. The number of esters is 1. The number of anilines is 1. The summed E-state index contributed by atoms with van der Waals surface area (Å²) in [5.41, 5.74) is 9.51. The monoisotopic (exact) mass is 302 g/mol. The maximum Gasteiger partial charge on any atom is 0.342 e. The second-order valence-electron chi connectivity index (χ2n) is 4.93. The Bertz CT molecular complexity index is 689. The summed E-state index contributed by atoms with van der Waals surface area (Å²) in [5.74, 6) is 0.348. The van der Waals surface area contributed by atoms with Gasteiger partial charge in [0.15, 0.2) is 0 Å². The van der Waals surface area contributed by atoms with Crippen LogP contribution in [-0.4, -0.2) is 23.8 Å². The predicted octanol–water partition coefficient (Wildman–Crippen LogP) is 3.16. The van der Waals surface area contributed by atoms with Gasteiger partial charge in [0.05, 0.1) is 24.6 Å². The van der Waals surface area contributed by atoms with Crippen LogP contribution in [0.25, 0.3) is 11.3 Å². The Balaban J connectivity index is 2.63. The van der Waals surface area contributed by atoms with Crippen LogP contribution in [0.3, 0.4) is 0 Å². The topological polar surface area (TPSA) is 66.5 Å². The number of hydrogen-bond acceptors (Lipinski definition) is 4. The van der Waals surface area contributed by atoms with Gasteiger partial charge in [0.1, 0.15) is 11.3 Å². The van der Waals surface area contributed by atoms with E-state index in [0.29, 0.717) is 24.5 Å². The summed E-state index contributed by atoms with van der Waals surface area (Å²) >= 11 is 0. The van der Waals surface area contributed by atoms with E-state index in [0.717, 1.165) is 22.7 Å². The zero-order chi connectivity index (χ0) is 16.3. The van der Waals surface area contributed by atoms with Gasteiger partial charge in [-0.25, -0.2) is 4.79 Å². The fourth-order valence-corrected chi connectivity index (χ4v) is 2.56. The van der Waals surface area contributed by atoms with Crippen LogP contribution in [0.5, 0.6) is 5.75 Å². The second-order valence-corrected chi connectivity index (χ2v) is 4.93. The molecular weight excluding hydrogens is 280 g/mol. The summed E-state index contributed by atoms with van der Waals surface area (Å²) in [7, 11) is 1.88. The number of nitrogen functional groups attached to an aromatic ring is 1. The Morgan fingerprint density at radius 1 is 1.23 bits per heavy atom. The van der Waals surface area contributed by atoms with E-state index >= 15 is 0 Å². The predicted molar refractivity (Wildman–Crippen MR) is 87.1 cm³/mol. The highest BCUT2D eigenvalue weighted by molar-refractivity contribution is 6.01. The molecule has 0 bridgehead atoms. The van der Waals surface area contributed by atoms with Crippen LogP contribution in [0, 0.1) is 6.92 Å². The van der Waals surface area contributed by atoms with Crippen molar-refractivity contribution in [3.63, 3.8) is 0 Å². The molecule has 0 aliphatic rings. The molecule has 0 aliphatic carbocycles. The Hall–Kier alpha value is -2.43. The van der Waals surface area contributed by atoms with Crippen molar-refractivity contribution in [2.75, 3.05) is 18.9 Å². The number of carbonyl (C=O) groups is 1. The molecule has 1 aromatic heterocycles. The van der Waals surface area contributed by atoms with Crippen molar-refractivity contribution < 1.29 is 14.3 Å². The number of nitrogens with zero attached hydrogens (tertiary/aromatic N) is 1. The molecule has 2 N–H and O–H groups in total. The summed E-state index contributed by atoms with van der Waals surface area (Å²) in [4.78, 5) is 12.1. The van der Waals surface area contributed by atoms with E-state index in [1.165, 1.54) is 0 Å². The Morgan fingerprint density at radius 3 is 2.55 bits per heavy atom. The summed E-state index contributed by atoms with van der Waals surface area (Å²) < 4.78 is 12.7. The summed E-state index contributed by atoms with van der Waals surface area (Å²) in [6.45, 7) is 6.44. The molecule has 5 nitrogen and oxygen atoms in total. The molecular formula is C17H22N2O3. The first-order chi connectivity index (χ1) is 10.5. The van der Waals surface area contributed by atoms with E-state index in [1.807, 2.05) is 49.7 Å². The molecule has 0 amide bonds. The summed E-state index contributed by atoms with van der Waals surface area (Å²) in [6, 6.07) is 7.66. The number of benzene rings is 1. The minimum atomic E-state index is -0.395. The van der Waals surface area contributed by atoms with Gasteiger partial charge in [0.25, 0.3) is 0 Å². The van der Waals surface area contributed by atoms with E-state index in [1.54, 1.807) is 6.92 Å². The van der Waals surface area contributed by atoms with Crippen LogP contribution in [0.2, 0.25) is 0 Å². The van der Waals surface area contributed by atoms with Crippen LogP contribution >= 0.6 is 0 Å². The highest BCUT2D eigenvalue weighted by Crippen LogP contribution is 2.38. The van der Waals surface area contributed by atoms with Gasteiger partial charge >= 0.3 is 5.97 Å². The first kappa shape index (κ1) is 15.9. The van der Waals surface area contributed by atoms with E-state index in [-0.39, 0.29) is 0 Å². The van der Waals surface area contributed by atoms with Crippen LogP contribution < -0.4 is 10.5 Å². The Kier molecular flexibility index (Phi) is 4.75. The van der Waals surface area contributed by atoms with E-state index < -0.39 is 5.97 Å². The lowest BCUT2D eigenvalue weighted by Gasteiger charge is -2.12. The van der Waals surface area contributed by atoms with Gasteiger partial charge in [0.2, 0.25) is 0 Å². The molecule has 5 heteroatoms. The van der Waals surface area contributed by atoms with Gasteiger partial charge in [-0.15, -0.1) is 0 Å².